The Balaban J connectivity index is 1.59. The highest BCUT2D eigenvalue weighted by molar-refractivity contribution is 5.85. The first-order valence-electron chi connectivity index (χ1n) is 8.93. The molecule has 4 nitrogen and oxygen atoms in total. The fraction of sp³-hybridized carbons (Fsp3) is 0.130. The Bertz CT molecular complexity index is 1310. The van der Waals surface area contributed by atoms with Gasteiger partial charge < -0.3 is 8.83 Å². The summed E-state index contributed by atoms with van der Waals surface area (Å²) < 4.78 is 11.7. The third-order valence-electron chi connectivity index (χ3n) is 4.97. The van der Waals surface area contributed by atoms with Crippen molar-refractivity contribution in [1.29, 1.82) is 0 Å². The second-order valence-corrected chi connectivity index (χ2v) is 6.92. The molecule has 0 bridgehead atoms. The highest BCUT2D eigenvalue weighted by atomic mass is 16.4. The Morgan fingerprint density at radius 1 is 0.593 bits per heavy atom. The standard InChI is InChI=1S/C23H18N2O2/c1-13-4-5-18(10-14(13)2)23-25-20-9-7-17(12-22(20)27-23)16-6-8-19-21(11-16)26-15(3)24-19/h4-12H,1-3H3. The molecule has 0 N–H and O–H groups in total. The maximum atomic E-state index is 6.06. The van der Waals surface area contributed by atoms with E-state index in [-0.39, 0.29) is 0 Å². The smallest absolute Gasteiger partial charge is 0.227 e. The lowest BCUT2D eigenvalue weighted by molar-refractivity contribution is 0.561. The molecule has 5 aromatic rings. The van der Waals surface area contributed by atoms with Crippen LogP contribution in [-0.4, -0.2) is 9.97 Å². The number of fused-ring (bicyclic) bond motifs is 2. The lowest BCUT2D eigenvalue weighted by Crippen LogP contribution is -1.83. The zero-order valence-corrected chi connectivity index (χ0v) is 15.4. The molecule has 3 aromatic carbocycles. The molecule has 0 saturated heterocycles. The van der Waals surface area contributed by atoms with Gasteiger partial charge in [-0.1, -0.05) is 18.2 Å². The first-order valence-corrected chi connectivity index (χ1v) is 8.93. The number of oxazole rings is 2. The van der Waals surface area contributed by atoms with E-state index in [9.17, 15) is 0 Å². The number of rotatable bonds is 2. The molecule has 0 fully saturated rings. The third kappa shape index (κ3) is 2.70. The molecule has 0 aliphatic carbocycles. The molecule has 0 amide bonds. The molecule has 0 aliphatic rings. The topological polar surface area (TPSA) is 52.1 Å². The molecule has 0 radical (unpaired) electrons. The van der Waals surface area contributed by atoms with Gasteiger partial charge >= 0.3 is 0 Å². The summed E-state index contributed by atoms with van der Waals surface area (Å²) in [5, 5.41) is 0. The van der Waals surface area contributed by atoms with Gasteiger partial charge in [0.2, 0.25) is 5.89 Å². The Morgan fingerprint density at radius 2 is 1.22 bits per heavy atom. The molecule has 2 heterocycles. The van der Waals surface area contributed by atoms with Crippen LogP contribution >= 0.6 is 0 Å². The summed E-state index contributed by atoms with van der Waals surface area (Å²) in [4.78, 5) is 9.00. The van der Waals surface area contributed by atoms with Crippen molar-refractivity contribution in [1.82, 2.24) is 9.97 Å². The normalized spacial score (nSPS) is 11.5. The Labute approximate surface area is 156 Å². The average Bonchev–Trinajstić information content (AvgIpc) is 3.24. The third-order valence-corrected chi connectivity index (χ3v) is 4.97. The quantitative estimate of drug-likeness (QED) is 0.377. The number of benzene rings is 3. The second-order valence-electron chi connectivity index (χ2n) is 6.92. The van der Waals surface area contributed by atoms with Crippen molar-refractivity contribution in [3.05, 3.63) is 71.6 Å². The molecule has 0 spiro atoms. The minimum absolute atomic E-state index is 0.645. The van der Waals surface area contributed by atoms with Crippen LogP contribution in [0.25, 0.3) is 44.8 Å². The molecular weight excluding hydrogens is 336 g/mol. The van der Waals surface area contributed by atoms with Crippen LogP contribution in [0.4, 0.5) is 0 Å². The Kier molecular flexibility index (Phi) is 3.41. The van der Waals surface area contributed by atoms with E-state index in [1.807, 2.05) is 43.3 Å². The van der Waals surface area contributed by atoms with Crippen LogP contribution in [-0.2, 0) is 0 Å². The highest BCUT2D eigenvalue weighted by Crippen LogP contribution is 2.30. The van der Waals surface area contributed by atoms with Crippen LogP contribution in [0.2, 0.25) is 0 Å². The number of nitrogens with zero attached hydrogens (tertiary/aromatic N) is 2. The van der Waals surface area contributed by atoms with Crippen molar-refractivity contribution in [2.75, 3.05) is 0 Å². The molecule has 132 valence electrons. The maximum absolute atomic E-state index is 6.06. The summed E-state index contributed by atoms with van der Waals surface area (Å²) in [7, 11) is 0. The molecule has 0 atom stereocenters. The Hall–Kier alpha value is -3.40. The van der Waals surface area contributed by atoms with Crippen LogP contribution in [0, 0.1) is 20.8 Å². The maximum Gasteiger partial charge on any atom is 0.227 e. The lowest BCUT2D eigenvalue weighted by atomic mass is 10.1. The predicted molar refractivity (Wildman–Crippen MR) is 107 cm³/mol. The molecule has 5 rings (SSSR count). The number of hydrogen-bond donors (Lipinski definition) is 0. The average molecular weight is 354 g/mol. The minimum Gasteiger partial charge on any atom is -0.441 e. The van der Waals surface area contributed by atoms with E-state index in [2.05, 4.69) is 42.0 Å². The molecular formula is C23H18N2O2. The molecule has 4 heteroatoms. The summed E-state index contributed by atoms with van der Waals surface area (Å²) >= 11 is 0. The van der Waals surface area contributed by atoms with Crippen molar-refractivity contribution in [2.45, 2.75) is 20.8 Å². The summed E-state index contributed by atoms with van der Waals surface area (Å²) in [6.07, 6.45) is 0. The zero-order valence-electron chi connectivity index (χ0n) is 15.4. The van der Waals surface area contributed by atoms with Gasteiger partial charge in [-0.3, -0.25) is 0 Å². The van der Waals surface area contributed by atoms with Gasteiger partial charge in [0.05, 0.1) is 0 Å². The SMILES string of the molecule is Cc1nc2ccc(-c3ccc4nc(-c5ccc(C)c(C)c5)oc4c3)cc2o1. The van der Waals surface area contributed by atoms with Crippen LogP contribution < -0.4 is 0 Å². The predicted octanol–water partition coefficient (Wildman–Crippen LogP) is 6.23. The number of hydrogen-bond acceptors (Lipinski definition) is 4. The first-order chi connectivity index (χ1) is 13.1. The van der Waals surface area contributed by atoms with E-state index >= 15 is 0 Å². The summed E-state index contributed by atoms with van der Waals surface area (Å²) in [5.41, 5.74) is 8.88. The van der Waals surface area contributed by atoms with Crippen molar-refractivity contribution in [3.63, 3.8) is 0 Å². The monoisotopic (exact) mass is 354 g/mol. The molecule has 27 heavy (non-hydrogen) atoms. The molecule has 0 unspecified atom stereocenters. The summed E-state index contributed by atoms with van der Waals surface area (Å²) in [5.74, 6) is 1.32. The van der Waals surface area contributed by atoms with Crippen LogP contribution in [0.15, 0.2) is 63.4 Å². The van der Waals surface area contributed by atoms with Crippen molar-refractivity contribution >= 4 is 22.2 Å². The van der Waals surface area contributed by atoms with Gasteiger partial charge in [-0.15, -0.1) is 0 Å². The van der Waals surface area contributed by atoms with Crippen molar-refractivity contribution in [3.8, 4) is 22.6 Å². The molecule has 0 aliphatic heterocycles. The first kappa shape index (κ1) is 15.8. The fourth-order valence-electron chi connectivity index (χ4n) is 3.32. The van der Waals surface area contributed by atoms with Gasteiger partial charge in [0, 0.05) is 12.5 Å². The largest absolute Gasteiger partial charge is 0.441 e. The van der Waals surface area contributed by atoms with Crippen LogP contribution in [0.5, 0.6) is 0 Å². The van der Waals surface area contributed by atoms with Gasteiger partial charge in [-0.05, 0) is 72.5 Å². The van der Waals surface area contributed by atoms with E-state index < -0.39 is 0 Å². The molecule has 2 aromatic heterocycles. The van der Waals surface area contributed by atoms with E-state index in [1.54, 1.807) is 0 Å². The van der Waals surface area contributed by atoms with Gasteiger partial charge in [-0.2, -0.15) is 0 Å². The van der Waals surface area contributed by atoms with Gasteiger partial charge in [0.1, 0.15) is 11.0 Å². The van der Waals surface area contributed by atoms with Crippen molar-refractivity contribution < 1.29 is 8.83 Å². The lowest BCUT2D eigenvalue weighted by Gasteiger charge is -2.01. The number of aryl methyl sites for hydroxylation is 3. The van der Waals surface area contributed by atoms with E-state index in [4.69, 9.17) is 8.83 Å². The van der Waals surface area contributed by atoms with Gasteiger partial charge in [-0.25, -0.2) is 9.97 Å². The van der Waals surface area contributed by atoms with Crippen molar-refractivity contribution in [2.24, 2.45) is 0 Å². The second kappa shape index (κ2) is 5.81. The van der Waals surface area contributed by atoms with Gasteiger partial charge in [0.15, 0.2) is 17.1 Å². The van der Waals surface area contributed by atoms with E-state index in [0.717, 1.165) is 38.9 Å². The highest BCUT2D eigenvalue weighted by Gasteiger charge is 2.11. The summed E-state index contributed by atoms with van der Waals surface area (Å²) in [6, 6.07) is 18.4. The van der Waals surface area contributed by atoms with Crippen LogP contribution in [0.3, 0.4) is 0 Å². The van der Waals surface area contributed by atoms with Gasteiger partial charge in [0.25, 0.3) is 0 Å². The minimum atomic E-state index is 0.645. The Morgan fingerprint density at radius 3 is 1.93 bits per heavy atom. The number of aromatic nitrogens is 2. The summed E-state index contributed by atoms with van der Waals surface area (Å²) in [6.45, 7) is 6.06. The zero-order chi connectivity index (χ0) is 18.5. The van der Waals surface area contributed by atoms with Crippen LogP contribution in [0.1, 0.15) is 17.0 Å². The molecule has 0 saturated carbocycles. The fourth-order valence-corrected chi connectivity index (χ4v) is 3.32. The van der Waals surface area contributed by atoms with E-state index in [1.165, 1.54) is 11.1 Å². The van der Waals surface area contributed by atoms with E-state index in [0.29, 0.717) is 11.8 Å².